The van der Waals surface area contributed by atoms with Crippen molar-refractivity contribution >= 4 is 11.9 Å². The second-order valence-corrected chi connectivity index (χ2v) is 6.29. The van der Waals surface area contributed by atoms with Crippen molar-refractivity contribution < 1.29 is 14.3 Å². The lowest BCUT2D eigenvalue weighted by atomic mass is 10.1. The van der Waals surface area contributed by atoms with Gasteiger partial charge in [0.1, 0.15) is 5.69 Å². The third-order valence-corrected chi connectivity index (χ3v) is 4.09. The molecule has 1 N–H and O–H groups in total. The summed E-state index contributed by atoms with van der Waals surface area (Å²) in [5.74, 6) is -0.373. The second-order valence-electron chi connectivity index (χ2n) is 6.29. The molecule has 2 heterocycles. The Morgan fingerprint density at radius 2 is 1.68 bits per heavy atom. The van der Waals surface area contributed by atoms with Crippen molar-refractivity contribution in [3.8, 4) is 0 Å². The Morgan fingerprint density at radius 3 is 2.23 bits per heavy atom. The number of carbonyl (C=O) groups excluding carboxylic acids is 2. The van der Waals surface area contributed by atoms with E-state index in [1.54, 1.807) is 0 Å². The number of hydrogen-bond donors (Lipinski definition) is 1. The highest BCUT2D eigenvalue weighted by Gasteiger charge is 2.26. The maximum Gasteiger partial charge on any atom is 0.340 e. The van der Waals surface area contributed by atoms with Crippen molar-refractivity contribution in [3.63, 3.8) is 0 Å². The quantitative estimate of drug-likeness (QED) is 0.872. The summed E-state index contributed by atoms with van der Waals surface area (Å²) in [4.78, 5) is 29.9. The minimum Gasteiger partial charge on any atom is -0.459 e. The van der Waals surface area contributed by atoms with Crippen LogP contribution in [0.25, 0.3) is 0 Å². The summed E-state index contributed by atoms with van der Waals surface area (Å²) in [6, 6.07) is 0. The van der Waals surface area contributed by atoms with Crippen LogP contribution in [0, 0.1) is 13.8 Å². The van der Waals surface area contributed by atoms with Crippen LogP contribution in [0.2, 0.25) is 0 Å². The molecule has 1 fully saturated rings. The molecule has 1 aliphatic rings. The lowest BCUT2D eigenvalue weighted by Crippen LogP contribution is -2.32. The van der Waals surface area contributed by atoms with E-state index in [9.17, 15) is 9.59 Å². The number of esters is 1. The van der Waals surface area contributed by atoms with Crippen molar-refractivity contribution in [1.29, 1.82) is 0 Å². The number of amides is 1. The number of rotatable bonds is 3. The van der Waals surface area contributed by atoms with Gasteiger partial charge in [-0.25, -0.2) is 4.79 Å². The Balaban J connectivity index is 2.25. The lowest BCUT2D eigenvalue weighted by molar-refractivity contribution is 0.0376. The van der Waals surface area contributed by atoms with Crippen LogP contribution in [-0.4, -0.2) is 41.0 Å². The van der Waals surface area contributed by atoms with Crippen molar-refractivity contribution in [3.05, 3.63) is 22.5 Å². The van der Waals surface area contributed by atoms with Crippen LogP contribution in [-0.2, 0) is 4.74 Å². The zero-order valence-corrected chi connectivity index (χ0v) is 14.0. The monoisotopic (exact) mass is 306 g/mol. The van der Waals surface area contributed by atoms with Crippen molar-refractivity contribution in [2.24, 2.45) is 0 Å². The Hall–Kier alpha value is -1.78. The molecule has 1 aromatic rings. The SMILES string of the molecule is Cc1[nH]c(C(=O)N2CCCCCC2)c(C)c1C(=O)OC(C)C. The van der Waals surface area contributed by atoms with E-state index in [1.807, 2.05) is 32.6 Å². The van der Waals surface area contributed by atoms with Crippen LogP contribution in [0.5, 0.6) is 0 Å². The number of ether oxygens (including phenoxy) is 1. The predicted molar refractivity (Wildman–Crippen MR) is 85.2 cm³/mol. The fraction of sp³-hybridized carbons (Fsp3) is 0.647. The molecule has 5 heteroatoms. The predicted octanol–water partition coefficient (Wildman–Crippen LogP) is 3.21. The molecule has 1 amide bonds. The van der Waals surface area contributed by atoms with Gasteiger partial charge in [0.25, 0.3) is 5.91 Å². The molecule has 2 rings (SSSR count). The van der Waals surface area contributed by atoms with Crippen LogP contribution in [0.3, 0.4) is 0 Å². The zero-order chi connectivity index (χ0) is 16.3. The van der Waals surface area contributed by atoms with Gasteiger partial charge in [-0.1, -0.05) is 12.8 Å². The first-order valence-electron chi connectivity index (χ1n) is 8.11. The first-order chi connectivity index (χ1) is 10.4. The fourth-order valence-corrected chi connectivity index (χ4v) is 2.97. The Morgan fingerprint density at radius 1 is 1.09 bits per heavy atom. The number of aromatic amines is 1. The molecule has 0 aliphatic carbocycles. The molecule has 0 saturated carbocycles. The third kappa shape index (κ3) is 3.51. The van der Waals surface area contributed by atoms with Gasteiger partial charge in [-0.2, -0.15) is 0 Å². The molecule has 1 saturated heterocycles. The average molecular weight is 306 g/mol. The largest absolute Gasteiger partial charge is 0.459 e. The van der Waals surface area contributed by atoms with E-state index in [0.29, 0.717) is 22.5 Å². The summed E-state index contributed by atoms with van der Waals surface area (Å²) < 4.78 is 5.27. The number of carbonyl (C=O) groups is 2. The summed E-state index contributed by atoms with van der Waals surface area (Å²) in [6.07, 6.45) is 4.28. The highest BCUT2D eigenvalue weighted by molar-refractivity contribution is 6.00. The van der Waals surface area contributed by atoms with E-state index < -0.39 is 0 Å². The molecule has 0 atom stereocenters. The third-order valence-electron chi connectivity index (χ3n) is 4.09. The second kappa shape index (κ2) is 6.99. The van der Waals surface area contributed by atoms with E-state index in [1.165, 1.54) is 12.8 Å². The van der Waals surface area contributed by atoms with Gasteiger partial charge in [0.2, 0.25) is 0 Å². The van der Waals surface area contributed by atoms with E-state index in [4.69, 9.17) is 4.74 Å². The van der Waals surface area contributed by atoms with Crippen molar-refractivity contribution in [1.82, 2.24) is 9.88 Å². The smallest absolute Gasteiger partial charge is 0.340 e. The van der Waals surface area contributed by atoms with Gasteiger partial charge in [-0.3, -0.25) is 4.79 Å². The summed E-state index contributed by atoms with van der Waals surface area (Å²) in [5, 5.41) is 0. The Bertz CT molecular complexity index is 552. The van der Waals surface area contributed by atoms with E-state index in [2.05, 4.69) is 4.98 Å². The summed E-state index contributed by atoms with van der Waals surface area (Å²) >= 11 is 0. The minimum absolute atomic E-state index is 0.00824. The normalized spacial score (nSPS) is 15.8. The standard InChI is InChI=1S/C17H26N2O3/c1-11(2)22-17(21)14-12(3)15(18-13(14)4)16(20)19-9-7-5-6-8-10-19/h11,18H,5-10H2,1-4H3. The van der Waals surface area contributed by atoms with E-state index in [-0.39, 0.29) is 18.0 Å². The first-order valence-corrected chi connectivity index (χ1v) is 8.11. The summed E-state index contributed by atoms with van der Waals surface area (Å²) in [6.45, 7) is 8.84. The van der Waals surface area contributed by atoms with Gasteiger partial charge in [-0.15, -0.1) is 0 Å². The Labute approximate surface area is 132 Å². The van der Waals surface area contributed by atoms with E-state index in [0.717, 1.165) is 25.9 Å². The fourth-order valence-electron chi connectivity index (χ4n) is 2.97. The van der Waals surface area contributed by atoms with Crippen LogP contribution < -0.4 is 0 Å². The molecule has 1 aromatic heterocycles. The number of nitrogens with zero attached hydrogens (tertiary/aromatic N) is 1. The summed E-state index contributed by atoms with van der Waals surface area (Å²) in [5.41, 5.74) is 2.40. The average Bonchev–Trinajstić information content (AvgIpc) is 2.65. The number of H-pyrrole nitrogens is 1. The molecule has 22 heavy (non-hydrogen) atoms. The number of hydrogen-bond acceptors (Lipinski definition) is 3. The molecule has 5 nitrogen and oxygen atoms in total. The molecule has 0 bridgehead atoms. The highest BCUT2D eigenvalue weighted by Crippen LogP contribution is 2.22. The van der Waals surface area contributed by atoms with Gasteiger partial charge in [0, 0.05) is 18.8 Å². The molecule has 1 aliphatic heterocycles. The lowest BCUT2D eigenvalue weighted by Gasteiger charge is -2.20. The molecule has 0 unspecified atom stereocenters. The number of aryl methyl sites for hydroxylation is 1. The minimum atomic E-state index is -0.365. The van der Waals surface area contributed by atoms with Gasteiger partial charge in [-0.05, 0) is 46.1 Å². The van der Waals surface area contributed by atoms with Gasteiger partial charge >= 0.3 is 5.97 Å². The first kappa shape index (κ1) is 16.6. The molecular formula is C17H26N2O3. The van der Waals surface area contributed by atoms with Crippen molar-refractivity contribution in [2.75, 3.05) is 13.1 Å². The Kier molecular flexibility index (Phi) is 5.27. The van der Waals surface area contributed by atoms with Crippen LogP contribution in [0.4, 0.5) is 0 Å². The van der Waals surface area contributed by atoms with Gasteiger partial charge in [0.05, 0.1) is 11.7 Å². The number of nitrogens with one attached hydrogen (secondary N) is 1. The molecule has 0 spiro atoms. The van der Waals surface area contributed by atoms with Gasteiger partial charge in [0.15, 0.2) is 0 Å². The van der Waals surface area contributed by atoms with E-state index >= 15 is 0 Å². The van der Waals surface area contributed by atoms with Crippen LogP contribution in [0.15, 0.2) is 0 Å². The van der Waals surface area contributed by atoms with Gasteiger partial charge < -0.3 is 14.6 Å². The van der Waals surface area contributed by atoms with Crippen LogP contribution in [0.1, 0.15) is 71.6 Å². The maximum atomic E-state index is 12.7. The number of aromatic nitrogens is 1. The number of likely N-dealkylation sites (tertiary alicyclic amines) is 1. The molecule has 0 aromatic carbocycles. The summed E-state index contributed by atoms with van der Waals surface area (Å²) in [7, 11) is 0. The topological polar surface area (TPSA) is 62.4 Å². The zero-order valence-electron chi connectivity index (χ0n) is 14.0. The highest BCUT2D eigenvalue weighted by atomic mass is 16.5. The molecule has 122 valence electrons. The maximum absolute atomic E-state index is 12.7. The van der Waals surface area contributed by atoms with Crippen molar-refractivity contribution in [2.45, 2.75) is 59.5 Å². The molecular weight excluding hydrogens is 280 g/mol. The molecule has 0 radical (unpaired) electrons. The van der Waals surface area contributed by atoms with Crippen LogP contribution >= 0.6 is 0 Å².